The van der Waals surface area contributed by atoms with Crippen molar-refractivity contribution in [3.63, 3.8) is 0 Å². The molecule has 118 valence electrons. The van der Waals surface area contributed by atoms with Crippen molar-refractivity contribution in [1.29, 1.82) is 0 Å². The van der Waals surface area contributed by atoms with E-state index < -0.39 is 0 Å². The number of rotatable bonds is 4. The van der Waals surface area contributed by atoms with E-state index in [1.54, 1.807) is 0 Å². The molecule has 0 radical (unpaired) electrons. The van der Waals surface area contributed by atoms with Crippen LogP contribution < -0.4 is 0 Å². The molecule has 0 aliphatic heterocycles. The van der Waals surface area contributed by atoms with Crippen molar-refractivity contribution in [3.05, 3.63) is 96.1 Å². The Morgan fingerprint density at radius 1 is 0.542 bits per heavy atom. The standard InChI is InChI=1S/C20H14Cl2N2/c21-19(23-17-10-3-1-4-11-17)15-8-7-9-16(14-15)20(22)24-18-12-5-2-6-13-18/h1-14H. The fraction of sp³-hybridized carbons (Fsp3) is 0. The third-order valence-corrected chi connectivity index (χ3v) is 3.91. The lowest BCUT2D eigenvalue weighted by Gasteiger charge is -2.03. The lowest BCUT2D eigenvalue weighted by atomic mass is 10.1. The van der Waals surface area contributed by atoms with Gasteiger partial charge in [0.1, 0.15) is 10.3 Å². The zero-order valence-corrected chi connectivity index (χ0v) is 14.2. The van der Waals surface area contributed by atoms with Gasteiger partial charge in [0.2, 0.25) is 0 Å². The number of para-hydroxylation sites is 2. The molecule has 0 bridgehead atoms. The van der Waals surface area contributed by atoms with Crippen molar-refractivity contribution in [3.8, 4) is 0 Å². The Kier molecular flexibility index (Phi) is 5.42. The maximum Gasteiger partial charge on any atom is 0.136 e. The van der Waals surface area contributed by atoms with Crippen LogP contribution in [0.25, 0.3) is 0 Å². The number of nitrogens with zero attached hydrogens (tertiary/aromatic N) is 2. The summed E-state index contributed by atoms with van der Waals surface area (Å²) in [5.41, 5.74) is 3.19. The fourth-order valence-electron chi connectivity index (χ4n) is 2.14. The van der Waals surface area contributed by atoms with Crippen LogP contribution in [-0.2, 0) is 0 Å². The van der Waals surface area contributed by atoms with Gasteiger partial charge in [0.15, 0.2) is 0 Å². The molecule has 3 rings (SSSR count). The van der Waals surface area contributed by atoms with Crippen molar-refractivity contribution in [2.75, 3.05) is 0 Å². The van der Waals surface area contributed by atoms with Crippen molar-refractivity contribution < 1.29 is 0 Å². The number of halogens is 2. The molecule has 2 nitrogen and oxygen atoms in total. The van der Waals surface area contributed by atoms with E-state index in [1.807, 2.05) is 84.9 Å². The highest BCUT2D eigenvalue weighted by Gasteiger charge is 2.05. The summed E-state index contributed by atoms with van der Waals surface area (Å²) in [6.45, 7) is 0. The van der Waals surface area contributed by atoms with Gasteiger partial charge in [-0.15, -0.1) is 0 Å². The van der Waals surface area contributed by atoms with Crippen LogP contribution in [0.1, 0.15) is 11.1 Å². The topological polar surface area (TPSA) is 24.7 Å². The average Bonchev–Trinajstić information content (AvgIpc) is 2.63. The van der Waals surface area contributed by atoms with Crippen molar-refractivity contribution in [1.82, 2.24) is 0 Å². The average molecular weight is 353 g/mol. The maximum atomic E-state index is 6.34. The molecule has 0 unspecified atom stereocenters. The number of hydrogen-bond donors (Lipinski definition) is 0. The SMILES string of the molecule is ClC(=Nc1ccccc1)c1cccc(C(Cl)=Nc2ccccc2)c1. The van der Waals surface area contributed by atoms with Gasteiger partial charge in [-0.2, -0.15) is 0 Å². The first-order valence-corrected chi connectivity index (χ1v) is 8.17. The molecule has 4 heteroatoms. The minimum Gasteiger partial charge on any atom is -0.236 e. The van der Waals surface area contributed by atoms with Gasteiger partial charge in [0, 0.05) is 11.1 Å². The lowest BCUT2D eigenvalue weighted by molar-refractivity contribution is 1.50. The van der Waals surface area contributed by atoms with Crippen LogP contribution in [0.3, 0.4) is 0 Å². The predicted molar refractivity (Wildman–Crippen MR) is 103 cm³/mol. The Morgan fingerprint density at radius 2 is 0.958 bits per heavy atom. The summed E-state index contributed by atoms with van der Waals surface area (Å²) in [6.07, 6.45) is 0. The van der Waals surface area contributed by atoms with Crippen LogP contribution >= 0.6 is 23.2 Å². The lowest BCUT2D eigenvalue weighted by Crippen LogP contribution is -1.96. The van der Waals surface area contributed by atoms with Crippen molar-refractivity contribution in [2.45, 2.75) is 0 Å². The van der Waals surface area contributed by atoms with Crippen LogP contribution in [-0.4, -0.2) is 10.3 Å². The summed E-state index contributed by atoms with van der Waals surface area (Å²) in [4.78, 5) is 8.83. The monoisotopic (exact) mass is 352 g/mol. The number of hydrogen-bond acceptors (Lipinski definition) is 2. The molecule has 3 aromatic rings. The molecule has 0 atom stereocenters. The van der Waals surface area contributed by atoms with Crippen LogP contribution in [0.2, 0.25) is 0 Å². The molecule has 0 aromatic heterocycles. The third kappa shape index (κ3) is 4.31. The van der Waals surface area contributed by atoms with Gasteiger partial charge in [-0.1, -0.05) is 77.8 Å². The minimum atomic E-state index is 0.409. The molecule has 0 aliphatic rings. The molecule has 0 amide bonds. The zero-order valence-electron chi connectivity index (χ0n) is 12.7. The van der Waals surface area contributed by atoms with Crippen molar-refractivity contribution >= 4 is 44.9 Å². The van der Waals surface area contributed by atoms with Crippen LogP contribution in [0.15, 0.2) is 94.9 Å². The van der Waals surface area contributed by atoms with Gasteiger partial charge < -0.3 is 0 Å². The Hall–Kier alpha value is -2.42. The molecule has 0 saturated heterocycles. The van der Waals surface area contributed by atoms with E-state index in [4.69, 9.17) is 23.2 Å². The van der Waals surface area contributed by atoms with Gasteiger partial charge in [-0.3, -0.25) is 0 Å². The van der Waals surface area contributed by atoms with E-state index in [2.05, 4.69) is 9.98 Å². The second kappa shape index (κ2) is 7.91. The summed E-state index contributed by atoms with van der Waals surface area (Å²) >= 11 is 12.7. The Bertz CT molecular complexity index is 802. The molecule has 3 aromatic carbocycles. The number of benzene rings is 3. The molecule has 0 spiro atoms. The molecule has 0 fully saturated rings. The molecular formula is C20H14Cl2N2. The van der Waals surface area contributed by atoms with E-state index in [0.29, 0.717) is 10.3 Å². The van der Waals surface area contributed by atoms with Gasteiger partial charge in [-0.05, 0) is 30.3 Å². The largest absolute Gasteiger partial charge is 0.236 e. The van der Waals surface area contributed by atoms with E-state index in [9.17, 15) is 0 Å². The zero-order chi connectivity index (χ0) is 16.8. The summed E-state index contributed by atoms with van der Waals surface area (Å²) in [5, 5.41) is 0.819. The molecule has 0 N–H and O–H groups in total. The molecule has 0 saturated carbocycles. The predicted octanol–water partition coefficient (Wildman–Crippen LogP) is 6.32. The van der Waals surface area contributed by atoms with Gasteiger partial charge in [-0.25, -0.2) is 9.98 Å². The molecule has 0 heterocycles. The first-order valence-electron chi connectivity index (χ1n) is 7.42. The summed E-state index contributed by atoms with van der Waals surface area (Å²) in [6, 6.07) is 26.7. The van der Waals surface area contributed by atoms with E-state index in [1.165, 1.54) is 0 Å². The Morgan fingerprint density at radius 3 is 1.38 bits per heavy atom. The Labute approximate surface area is 151 Å². The fourth-order valence-corrected chi connectivity index (χ4v) is 2.57. The van der Waals surface area contributed by atoms with Crippen LogP contribution in [0.5, 0.6) is 0 Å². The third-order valence-electron chi connectivity index (χ3n) is 3.31. The Balaban J connectivity index is 1.89. The van der Waals surface area contributed by atoms with Crippen LogP contribution in [0, 0.1) is 0 Å². The van der Waals surface area contributed by atoms with E-state index in [0.717, 1.165) is 22.5 Å². The van der Waals surface area contributed by atoms with Crippen molar-refractivity contribution in [2.24, 2.45) is 9.98 Å². The highest BCUT2D eigenvalue weighted by atomic mass is 35.5. The normalized spacial score (nSPS) is 12.2. The first-order chi connectivity index (χ1) is 11.7. The molecular weight excluding hydrogens is 339 g/mol. The maximum absolute atomic E-state index is 6.34. The number of aliphatic imine (C=N–C) groups is 2. The minimum absolute atomic E-state index is 0.409. The quantitative estimate of drug-likeness (QED) is 0.490. The van der Waals surface area contributed by atoms with Gasteiger partial charge >= 0.3 is 0 Å². The van der Waals surface area contributed by atoms with Gasteiger partial charge in [0.25, 0.3) is 0 Å². The summed E-state index contributed by atoms with van der Waals surface area (Å²) in [7, 11) is 0. The summed E-state index contributed by atoms with van der Waals surface area (Å²) in [5.74, 6) is 0. The van der Waals surface area contributed by atoms with Gasteiger partial charge in [0.05, 0.1) is 11.4 Å². The van der Waals surface area contributed by atoms with E-state index in [-0.39, 0.29) is 0 Å². The molecule has 0 aliphatic carbocycles. The molecule has 24 heavy (non-hydrogen) atoms. The second-order valence-corrected chi connectivity index (χ2v) is 5.77. The van der Waals surface area contributed by atoms with E-state index >= 15 is 0 Å². The van der Waals surface area contributed by atoms with Crippen LogP contribution in [0.4, 0.5) is 11.4 Å². The summed E-state index contributed by atoms with van der Waals surface area (Å²) < 4.78 is 0. The highest BCUT2D eigenvalue weighted by molar-refractivity contribution is 6.71. The second-order valence-electron chi connectivity index (χ2n) is 5.06. The smallest absolute Gasteiger partial charge is 0.136 e. The highest BCUT2D eigenvalue weighted by Crippen LogP contribution is 2.19. The first kappa shape index (κ1) is 16.4.